The maximum Gasteiger partial charge on any atom is 0.187 e. The minimum absolute atomic E-state index is 0.143. The van der Waals surface area contributed by atoms with Crippen molar-refractivity contribution in [3.05, 3.63) is 17.5 Å². The van der Waals surface area contributed by atoms with E-state index in [-0.39, 0.29) is 12.1 Å². The van der Waals surface area contributed by atoms with E-state index < -0.39 is 0 Å². The van der Waals surface area contributed by atoms with Crippen molar-refractivity contribution in [1.82, 2.24) is 15.3 Å². The van der Waals surface area contributed by atoms with Gasteiger partial charge in [-0.3, -0.25) is 0 Å². The summed E-state index contributed by atoms with van der Waals surface area (Å²) < 4.78 is 0. The van der Waals surface area contributed by atoms with E-state index in [1.165, 1.54) is 0 Å². The number of aromatic nitrogens is 2. The van der Waals surface area contributed by atoms with Crippen LogP contribution in [0.25, 0.3) is 0 Å². The molecule has 0 spiro atoms. The number of likely N-dealkylation sites (N-methyl/N-ethyl adjacent to an activating group) is 1. The fourth-order valence-electron chi connectivity index (χ4n) is 2.19. The van der Waals surface area contributed by atoms with Crippen LogP contribution in [0, 0.1) is 13.8 Å². The fourth-order valence-corrected chi connectivity index (χ4v) is 3.14. The second-order valence-corrected chi connectivity index (χ2v) is 6.55. The average molecular weight is 297 g/mol. The van der Waals surface area contributed by atoms with E-state index in [9.17, 15) is 5.11 Å². The van der Waals surface area contributed by atoms with Crippen LogP contribution >= 0.6 is 11.8 Å². The van der Waals surface area contributed by atoms with Crippen molar-refractivity contribution in [2.45, 2.75) is 57.7 Å². The monoisotopic (exact) mass is 297 g/mol. The van der Waals surface area contributed by atoms with E-state index in [1.54, 1.807) is 11.8 Å². The van der Waals surface area contributed by atoms with Crippen molar-refractivity contribution < 1.29 is 5.11 Å². The van der Waals surface area contributed by atoms with Crippen molar-refractivity contribution in [3.8, 4) is 0 Å². The lowest BCUT2D eigenvalue weighted by Gasteiger charge is -2.28. The molecule has 0 amide bonds. The molecule has 0 bridgehead atoms. The van der Waals surface area contributed by atoms with Crippen LogP contribution in [0.15, 0.2) is 11.2 Å². The van der Waals surface area contributed by atoms with Gasteiger partial charge >= 0.3 is 0 Å². The predicted octanol–water partition coefficient (Wildman–Crippen LogP) is 2.72. The Balaban J connectivity index is 2.28. The first-order valence-corrected chi connectivity index (χ1v) is 8.28. The third-order valence-electron chi connectivity index (χ3n) is 3.27. The normalized spacial score (nSPS) is 14.2. The lowest BCUT2D eigenvalue weighted by atomic mass is 9.96. The number of thioether (sulfide) groups is 1. The van der Waals surface area contributed by atoms with Gasteiger partial charge in [-0.1, -0.05) is 25.1 Å². The molecule has 2 N–H and O–H groups in total. The summed E-state index contributed by atoms with van der Waals surface area (Å²) in [5, 5.41) is 13.6. The van der Waals surface area contributed by atoms with Crippen molar-refractivity contribution in [1.29, 1.82) is 0 Å². The SMILES string of the molecule is CCNC(C)(CO)CCCCSc1nc(C)cc(C)n1. The molecule has 1 unspecified atom stereocenters. The molecule has 0 saturated carbocycles. The number of hydrogen-bond donors (Lipinski definition) is 2. The van der Waals surface area contributed by atoms with Crippen LogP contribution in [-0.2, 0) is 0 Å². The summed E-state index contributed by atoms with van der Waals surface area (Å²) in [6, 6.07) is 1.99. The maximum atomic E-state index is 9.42. The van der Waals surface area contributed by atoms with Gasteiger partial charge in [-0.15, -0.1) is 0 Å². The van der Waals surface area contributed by atoms with Gasteiger partial charge in [0, 0.05) is 22.7 Å². The summed E-state index contributed by atoms with van der Waals surface area (Å²) in [6.45, 7) is 9.23. The molecule has 0 aromatic carbocycles. The molecule has 20 heavy (non-hydrogen) atoms. The summed E-state index contributed by atoms with van der Waals surface area (Å²) in [4.78, 5) is 8.85. The number of unbranched alkanes of at least 4 members (excludes halogenated alkanes) is 1. The van der Waals surface area contributed by atoms with Crippen LogP contribution in [0.2, 0.25) is 0 Å². The zero-order valence-electron chi connectivity index (χ0n) is 13.1. The van der Waals surface area contributed by atoms with Crippen LogP contribution in [0.5, 0.6) is 0 Å². The van der Waals surface area contributed by atoms with Gasteiger partial charge in [-0.2, -0.15) is 0 Å². The van der Waals surface area contributed by atoms with Crippen molar-refractivity contribution in [2.24, 2.45) is 0 Å². The van der Waals surface area contributed by atoms with E-state index >= 15 is 0 Å². The number of aliphatic hydroxyl groups is 1. The van der Waals surface area contributed by atoms with E-state index in [1.807, 2.05) is 19.9 Å². The number of aryl methyl sites for hydroxylation is 2. The van der Waals surface area contributed by atoms with E-state index in [2.05, 4.69) is 29.1 Å². The number of nitrogens with zero attached hydrogens (tertiary/aromatic N) is 2. The molecule has 1 heterocycles. The highest BCUT2D eigenvalue weighted by Gasteiger charge is 2.20. The Bertz CT molecular complexity index is 394. The zero-order chi connectivity index (χ0) is 15.0. The van der Waals surface area contributed by atoms with Gasteiger partial charge < -0.3 is 10.4 Å². The number of nitrogens with one attached hydrogen (secondary N) is 1. The molecule has 0 aliphatic heterocycles. The minimum Gasteiger partial charge on any atom is -0.394 e. The molecule has 5 heteroatoms. The Labute approximate surface area is 126 Å². The molecule has 0 aliphatic rings. The molecule has 4 nitrogen and oxygen atoms in total. The molecule has 1 atom stereocenters. The fraction of sp³-hybridized carbons (Fsp3) is 0.733. The quantitative estimate of drug-likeness (QED) is 0.417. The predicted molar refractivity (Wildman–Crippen MR) is 85.2 cm³/mol. The highest BCUT2D eigenvalue weighted by Crippen LogP contribution is 2.19. The van der Waals surface area contributed by atoms with Gasteiger partial charge in [-0.05, 0) is 46.2 Å². The van der Waals surface area contributed by atoms with Gasteiger partial charge in [0.25, 0.3) is 0 Å². The molecular formula is C15H27N3OS. The molecule has 0 aliphatic carbocycles. The Kier molecular flexibility index (Phi) is 7.48. The van der Waals surface area contributed by atoms with Gasteiger partial charge in [-0.25, -0.2) is 9.97 Å². The summed E-state index contributed by atoms with van der Waals surface area (Å²) in [6.07, 6.45) is 3.20. The zero-order valence-corrected chi connectivity index (χ0v) is 13.9. The third kappa shape index (κ3) is 6.20. The highest BCUT2D eigenvalue weighted by molar-refractivity contribution is 7.99. The Morgan fingerprint density at radius 1 is 1.25 bits per heavy atom. The largest absolute Gasteiger partial charge is 0.394 e. The summed E-state index contributed by atoms with van der Waals surface area (Å²) in [5.41, 5.74) is 1.91. The summed E-state index contributed by atoms with van der Waals surface area (Å²) >= 11 is 1.72. The third-order valence-corrected chi connectivity index (χ3v) is 4.20. The van der Waals surface area contributed by atoms with E-state index in [0.29, 0.717) is 0 Å². The van der Waals surface area contributed by atoms with Gasteiger partial charge in [0.15, 0.2) is 5.16 Å². The molecule has 1 aromatic heterocycles. The molecule has 0 radical (unpaired) electrons. The number of rotatable bonds is 9. The molecule has 0 fully saturated rings. The second kappa shape index (κ2) is 8.60. The van der Waals surface area contributed by atoms with Gasteiger partial charge in [0.05, 0.1) is 6.61 Å². The molecule has 1 aromatic rings. The van der Waals surface area contributed by atoms with E-state index in [4.69, 9.17) is 0 Å². The smallest absolute Gasteiger partial charge is 0.187 e. The maximum absolute atomic E-state index is 9.42. The van der Waals surface area contributed by atoms with Gasteiger partial charge in [0.1, 0.15) is 0 Å². The molecular weight excluding hydrogens is 270 g/mol. The lowest BCUT2D eigenvalue weighted by Crippen LogP contribution is -2.45. The first-order chi connectivity index (χ1) is 9.49. The van der Waals surface area contributed by atoms with Crippen molar-refractivity contribution >= 4 is 11.8 Å². The Morgan fingerprint density at radius 3 is 2.45 bits per heavy atom. The summed E-state index contributed by atoms with van der Waals surface area (Å²) in [5.74, 6) is 1.02. The summed E-state index contributed by atoms with van der Waals surface area (Å²) in [7, 11) is 0. The first kappa shape index (κ1) is 17.4. The van der Waals surface area contributed by atoms with Crippen LogP contribution in [0.3, 0.4) is 0 Å². The van der Waals surface area contributed by atoms with Crippen LogP contribution in [0.4, 0.5) is 0 Å². The second-order valence-electron chi connectivity index (χ2n) is 5.49. The first-order valence-electron chi connectivity index (χ1n) is 7.30. The van der Waals surface area contributed by atoms with Crippen LogP contribution < -0.4 is 5.32 Å². The average Bonchev–Trinajstić information content (AvgIpc) is 2.37. The van der Waals surface area contributed by atoms with Crippen molar-refractivity contribution in [2.75, 3.05) is 18.9 Å². The number of hydrogen-bond acceptors (Lipinski definition) is 5. The van der Waals surface area contributed by atoms with Crippen LogP contribution in [0.1, 0.15) is 44.5 Å². The minimum atomic E-state index is -0.143. The van der Waals surface area contributed by atoms with Crippen LogP contribution in [-0.4, -0.2) is 39.5 Å². The Morgan fingerprint density at radius 2 is 1.90 bits per heavy atom. The Hall–Kier alpha value is -0.650. The standard InChI is InChI=1S/C15H27N3OS/c1-5-16-15(4,11-19)8-6-7-9-20-14-17-12(2)10-13(3)18-14/h10,16,19H,5-9,11H2,1-4H3. The molecule has 1 rings (SSSR count). The highest BCUT2D eigenvalue weighted by atomic mass is 32.2. The van der Waals surface area contributed by atoms with Crippen molar-refractivity contribution in [3.63, 3.8) is 0 Å². The van der Waals surface area contributed by atoms with E-state index in [0.717, 1.165) is 48.1 Å². The molecule has 114 valence electrons. The molecule has 0 saturated heterocycles. The lowest BCUT2D eigenvalue weighted by molar-refractivity contribution is 0.165. The van der Waals surface area contributed by atoms with Gasteiger partial charge in [0.2, 0.25) is 0 Å². The topological polar surface area (TPSA) is 58.0 Å². The number of aliphatic hydroxyl groups excluding tert-OH is 1.